The fourth-order valence-corrected chi connectivity index (χ4v) is 3.67. The molecule has 0 bridgehead atoms. The van der Waals surface area contributed by atoms with Gasteiger partial charge in [0, 0.05) is 25.2 Å². The lowest BCUT2D eigenvalue weighted by Crippen LogP contribution is -2.36. The molecule has 5 heteroatoms. The maximum atomic E-state index is 13.0. The summed E-state index contributed by atoms with van der Waals surface area (Å²) in [4.78, 5) is 31.5. The Morgan fingerprint density at radius 1 is 1.15 bits per heavy atom. The highest BCUT2D eigenvalue weighted by Gasteiger charge is 2.22. The highest BCUT2D eigenvalue weighted by molar-refractivity contribution is 5.97. The van der Waals surface area contributed by atoms with Gasteiger partial charge in [0.2, 0.25) is 0 Å². The summed E-state index contributed by atoms with van der Waals surface area (Å²) in [6.07, 6.45) is 0.877. The Morgan fingerprint density at radius 2 is 1.92 bits per heavy atom. The zero-order valence-electron chi connectivity index (χ0n) is 15.0. The molecular formula is C21H21N3O2. The van der Waals surface area contributed by atoms with Crippen LogP contribution >= 0.6 is 0 Å². The summed E-state index contributed by atoms with van der Waals surface area (Å²) in [7, 11) is 0. The van der Waals surface area contributed by atoms with E-state index in [1.165, 1.54) is 11.1 Å². The molecule has 1 aromatic heterocycles. The number of hydrogen-bond acceptors (Lipinski definition) is 3. The summed E-state index contributed by atoms with van der Waals surface area (Å²) in [6.45, 7) is 5.58. The predicted molar refractivity (Wildman–Crippen MR) is 101 cm³/mol. The third-order valence-corrected chi connectivity index (χ3v) is 5.09. The predicted octanol–water partition coefficient (Wildman–Crippen LogP) is 2.92. The number of carbonyl (C=O) groups is 1. The van der Waals surface area contributed by atoms with Crippen molar-refractivity contribution < 1.29 is 4.79 Å². The number of rotatable bonds is 2. The van der Waals surface area contributed by atoms with Crippen LogP contribution in [0.25, 0.3) is 11.0 Å². The lowest BCUT2D eigenvalue weighted by Gasteiger charge is -2.29. The molecule has 1 aliphatic heterocycles. The van der Waals surface area contributed by atoms with Crippen molar-refractivity contribution in [3.05, 3.63) is 75.2 Å². The molecule has 0 spiro atoms. The summed E-state index contributed by atoms with van der Waals surface area (Å²) in [5.74, 6) is 0.00936. The lowest BCUT2D eigenvalue weighted by atomic mass is 9.99. The lowest BCUT2D eigenvalue weighted by molar-refractivity contribution is 0.0735. The van der Waals surface area contributed by atoms with Crippen LogP contribution < -0.4 is 5.56 Å². The second-order valence-electron chi connectivity index (χ2n) is 6.70. The molecule has 4 rings (SSSR count). The molecule has 26 heavy (non-hydrogen) atoms. The molecule has 0 saturated carbocycles. The summed E-state index contributed by atoms with van der Waals surface area (Å²) in [5.41, 5.74) is 4.98. The van der Waals surface area contributed by atoms with E-state index in [9.17, 15) is 9.59 Å². The second-order valence-corrected chi connectivity index (χ2v) is 6.70. The SMILES string of the molecule is CCn1c(=O)c(C)nc2cc(C(=O)N3CCc4ccccc4C3)ccc21. The second kappa shape index (κ2) is 6.41. The molecular weight excluding hydrogens is 326 g/mol. The number of benzene rings is 2. The zero-order valence-corrected chi connectivity index (χ0v) is 15.0. The highest BCUT2D eigenvalue weighted by atomic mass is 16.2. The molecule has 0 saturated heterocycles. The molecule has 0 unspecified atom stereocenters. The van der Waals surface area contributed by atoms with E-state index in [0.717, 1.165) is 18.5 Å². The van der Waals surface area contributed by atoms with Crippen LogP contribution in [0.15, 0.2) is 47.3 Å². The Kier molecular flexibility index (Phi) is 4.07. The quantitative estimate of drug-likeness (QED) is 0.716. The third kappa shape index (κ3) is 2.69. The zero-order chi connectivity index (χ0) is 18.3. The Bertz CT molecular complexity index is 1070. The molecule has 1 aliphatic rings. The summed E-state index contributed by atoms with van der Waals surface area (Å²) < 4.78 is 1.70. The number of amides is 1. The van der Waals surface area contributed by atoms with E-state index in [1.54, 1.807) is 23.6 Å². The Balaban J connectivity index is 1.70. The van der Waals surface area contributed by atoms with E-state index in [0.29, 0.717) is 29.9 Å². The monoisotopic (exact) mass is 347 g/mol. The first-order chi connectivity index (χ1) is 12.6. The first kappa shape index (κ1) is 16.5. The van der Waals surface area contributed by atoms with Crippen LogP contribution in [0.1, 0.15) is 34.1 Å². The van der Waals surface area contributed by atoms with Crippen LogP contribution in [0.3, 0.4) is 0 Å². The smallest absolute Gasteiger partial charge is 0.272 e. The maximum absolute atomic E-state index is 13.0. The van der Waals surface area contributed by atoms with Gasteiger partial charge in [-0.25, -0.2) is 4.98 Å². The van der Waals surface area contributed by atoms with E-state index in [-0.39, 0.29) is 11.5 Å². The molecule has 2 heterocycles. The van der Waals surface area contributed by atoms with Crippen molar-refractivity contribution in [2.75, 3.05) is 6.54 Å². The van der Waals surface area contributed by atoms with E-state index in [2.05, 4.69) is 17.1 Å². The van der Waals surface area contributed by atoms with Crippen molar-refractivity contribution in [1.29, 1.82) is 0 Å². The Morgan fingerprint density at radius 3 is 2.69 bits per heavy atom. The van der Waals surface area contributed by atoms with Crippen molar-refractivity contribution in [3.63, 3.8) is 0 Å². The van der Waals surface area contributed by atoms with E-state index < -0.39 is 0 Å². The number of fused-ring (bicyclic) bond motifs is 2. The van der Waals surface area contributed by atoms with Crippen LogP contribution in [0, 0.1) is 6.92 Å². The first-order valence-electron chi connectivity index (χ1n) is 8.95. The largest absolute Gasteiger partial charge is 0.334 e. The molecule has 0 fully saturated rings. The van der Waals surface area contributed by atoms with Crippen molar-refractivity contribution in [2.45, 2.75) is 33.4 Å². The third-order valence-electron chi connectivity index (χ3n) is 5.09. The van der Waals surface area contributed by atoms with Crippen molar-refractivity contribution >= 4 is 16.9 Å². The van der Waals surface area contributed by atoms with Gasteiger partial charge in [0.1, 0.15) is 5.69 Å². The average Bonchev–Trinajstić information content (AvgIpc) is 2.67. The molecule has 0 N–H and O–H groups in total. The van der Waals surface area contributed by atoms with Crippen molar-refractivity contribution in [3.8, 4) is 0 Å². The Labute approximate surface area is 151 Å². The average molecular weight is 347 g/mol. The molecule has 0 atom stereocenters. The van der Waals surface area contributed by atoms with Crippen LogP contribution in [-0.2, 0) is 19.5 Å². The number of carbonyl (C=O) groups excluding carboxylic acids is 1. The van der Waals surface area contributed by atoms with Gasteiger partial charge in [-0.2, -0.15) is 0 Å². The van der Waals surface area contributed by atoms with Gasteiger partial charge >= 0.3 is 0 Å². The van der Waals surface area contributed by atoms with E-state index >= 15 is 0 Å². The molecule has 0 aliphatic carbocycles. The first-order valence-corrected chi connectivity index (χ1v) is 8.95. The van der Waals surface area contributed by atoms with Gasteiger partial charge in [-0.3, -0.25) is 9.59 Å². The summed E-state index contributed by atoms with van der Waals surface area (Å²) >= 11 is 0. The van der Waals surface area contributed by atoms with Gasteiger partial charge in [0.25, 0.3) is 11.5 Å². The molecule has 5 nitrogen and oxygen atoms in total. The molecule has 0 radical (unpaired) electrons. The number of aromatic nitrogens is 2. The van der Waals surface area contributed by atoms with Gasteiger partial charge in [0.05, 0.1) is 11.0 Å². The minimum Gasteiger partial charge on any atom is -0.334 e. The fourth-order valence-electron chi connectivity index (χ4n) is 3.67. The fraction of sp³-hybridized carbons (Fsp3) is 0.286. The van der Waals surface area contributed by atoms with Gasteiger partial charge in [0.15, 0.2) is 0 Å². The van der Waals surface area contributed by atoms with Crippen LogP contribution in [0.2, 0.25) is 0 Å². The minimum absolute atomic E-state index is 0.00936. The molecule has 3 aromatic rings. The molecule has 1 amide bonds. The molecule has 132 valence electrons. The van der Waals surface area contributed by atoms with Crippen LogP contribution in [0.4, 0.5) is 0 Å². The topological polar surface area (TPSA) is 55.2 Å². The van der Waals surface area contributed by atoms with Crippen molar-refractivity contribution in [2.24, 2.45) is 0 Å². The van der Waals surface area contributed by atoms with Gasteiger partial charge in [-0.1, -0.05) is 24.3 Å². The normalized spacial score (nSPS) is 13.7. The minimum atomic E-state index is -0.0771. The highest BCUT2D eigenvalue weighted by Crippen LogP contribution is 2.21. The maximum Gasteiger partial charge on any atom is 0.272 e. The summed E-state index contributed by atoms with van der Waals surface area (Å²) in [5, 5.41) is 0. The number of hydrogen-bond donors (Lipinski definition) is 0. The Hall–Kier alpha value is -2.95. The molecule has 2 aromatic carbocycles. The van der Waals surface area contributed by atoms with Gasteiger partial charge in [-0.15, -0.1) is 0 Å². The van der Waals surface area contributed by atoms with Gasteiger partial charge < -0.3 is 9.47 Å². The summed E-state index contributed by atoms with van der Waals surface area (Å²) in [6, 6.07) is 13.7. The van der Waals surface area contributed by atoms with Crippen LogP contribution in [0.5, 0.6) is 0 Å². The van der Waals surface area contributed by atoms with E-state index in [1.807, 2.05) is 30.0 Å². The van der Waals surface area contributed by atoms with Gasteiger partial charge in [-0.05, 0) is 49.6 Å². The van der Waals surface area contributed by atoms with Crippen molar-refractivity contribution in [1.82, 2.24) is 14.5 Å². The number of aryl methyl sites for hydroxylation is 2. The van der Waals surface area contributed by atoms with E-state index in [4.69, 9.17) is 0 Å². The van der Waals surface area contributed by atoms with Crippen LogP contribution in [-0.4, -0.2) is 26.9 Å². The number of nitrogens with zero attached hydrogens (tertiary/aromatic N) is 3. The standard InChI is InChI=1S/C21H21N3O2/c1-3-24-19-9-8-16(12-18(19)22-14(2)20(24)25)21(26)23-11-10-15-6-4-5-7-17(15)13-23/h4-9,12H,3,10-11,13H2,1-2H3.